The second-order valence-electron chi connectivity index (χ2n) is 20.3. The van der Waals surface area contributed by atoms with Gasteiger partial charge in [0.25, 0.3) is 0 Å². The highest BCUT2D eigenvalue weighted by Gasteiger charge is 2.56. The number of rotatable bonds is 10. The summed E-state index contributed by atoms with van der Waals surface area (Å²) in [5.41, 5.74) is 4.09. The Bertz CT molecular complexity index is 1390. The van der Waals surface area contributed by atoms with Gasteiger partial charge in [-0.25, -0.2) is 4.99 Å². The highest BCUT2D eigenvalue weighted by Crippen LogP contribution is 2.60. The number of aliphatic hydroxyl groups is 1. The quantitative estimate of drug-likeness (QED) is 0.180. The summed E-state index contributed by atoms with van der Waals surface area (Å²) in [5, 5.41) is 11.6. The lowest BCUT2D eigenvalue weighted by Crippen LogP contribution is -2.49. The Kier molecular flexibility index (Phi) is 11.3. The number of fused-ring (bicyclic) bond motifs is 1. The van der Waals surface area contributed by atoms with Crippen LogP contribution in [0.2, 0.25) is 36.3 Å². The van der Waals surface area contributed by atoms with Crippen LogP contribution in [0.25, 0.3) is 0 Å². The molecule has 5 rings (SSSR count). The number of hydrogen-bond donors (Lipinski definition) is 1. The minimum absolute atomic E-state index is 0.00464. The van der Waals surface area contributed by atoms with E-state index in [4.69, 9.17) is 25.2 Å². The second kappa shape index (κ2) is 14.2. The van der Waals surface area contributed by atoms with Gasteiger partial charge in [-0.2, -0.15) is 0 Å². The monoisotopic (exact) mass is 724 g/mol. The summed E-state index contributed by atoms with van der Waals surface area (Å²) in [6.45, 7) is 35.9. The van der Waals surface area contributed by atoms with Crippen LogP contribution in [-0.4, -0.2) is 58.6 Å². The van der Waals surface area contributed by atoms with Crippen molar-refractivity contribution in [2.24, 2.45) is 33.6 Å². The van der Waals surface area contributed by atoms with E-state index in [1.165, 1.54) is 43.3 Å². The molecule has 1 aliphatic heterocycles. The van der Waals surface area contributed by atoms with Crippen LogP contribution < -0.4 is 0 Å². The number of aliphatic imine (C=N–C) groups is 1. The van der Waals surface area contributed by atoms with Crippen LogP contribution in [0, 0.1) is 28.6 Å². The fourth-order valence-electron chi connectivity index (χ4n) is 9.02. The molecule has 1 heterocycles. The molecular weight excluding hydrogens is 651 g/mol. The SMILES string of the molecule is C=C1/C(=C\C=C2/CCC[C@]3(C)[C@@H]([C@H](C)/C=C/[C@@H](O)C4(C5=NC(C)CO5)CC4)CC[C@@H]23)C[C@@H](O[Si](C)(C)C(C)(C)C)C[C@@H]1O[Si](C)(C)C(C)(C)C. The maximum Gasteiger partial charge on any atom is 0.193 e. The van der Waals surface area contributed by atoms with Crippen molar-refractivity contribution in [1.29, 1.82) is 0 Å². The lowest BCUT2D eigenvalue weighted by atomic mass is 9.61. The zero-order chi connectivity index (χ0) is 37.1. The van der Waals surface area contributed by atoms with Crippen molar-refractivity contribution in [2.75, 3.05) is 6.61 Å². The third-order valence-corrected chi connectivity index (χ3v) is 23.6. The van der Waals surface area contributed by atoms with Gasteiger partial charge in [0, 0.05) is 6.42 Å². The lowest BCUT2D eigenvalue weighted by molar-refractivity contribution is 0.0969. The van der Waals surface area contributed by atoms with E-state index in [0.29, 0.717) is 24.4 Å². The summed E-state index contributed by atoms with van der Waals surface area (Å²) >= 11 is 0. The second-order valence-corrected chi connectivity index (χ2v) is 29.8. The Morgan fingerprint density at radius 1 is 0.960 bits per heavy atom. The molecule has 0 bridgehead atoms. The van der Waals surface area contributed by atoms with Crippen LogP contribution in [0.4, 0.5) is 0 Å². The molecular formula is C43H73NO4Si2. The minimum atomic E-state index is -2.00. The number of allylic oxidation sites excluding steroid dienone is 4. The third kappa shape index (κ3) is 7.98. The van der Waals surface area contributed by atoms with E-state index in [1.807, 2.05) is 0 Å². The molecule has 0 amide bonds. The van der Waals surface area contributed by atoms with E-state index in [0.717, 1.165) is 31.6 Å². The molecule has 5 nitrogen and oxygen atoms in total. The van der Waals surface area contributed by atoms with Gasteiger partial charge >= 0.3 is 0 Å². The molecule has 4 fully saturated rings. The molecule has 1 N–H and O–H groups in total. The molecule has 0 aromatic rings. The molecule has 1 unspecified atom stereocenters. The van der Waals surface area contributed by atoms with Gasteiger partial charge in [0.2, 0.25) is 0 Å². The van der Waals surface area contributed by atoms with Gasteiger partial charge in [-0.15, -0.1) is 0 Å². The molecule has 0 radical (unpaired) electrons. The van der Waals surface area contributed by atoms with Crippen molar-refractivity contribution in [3.8, 4) is 0 Å². The van der Waals surface area contributed by atoms with Crippen molar-refractivity contribution < 1.29 is 18.7 Å². The molecule has 0 saturated heterocycles. The molecule has 4 saturated carbocycles. The standard InChI is InChI=1S/C43H73NO4Si2/c1-29(17-22-38(45)43(24-25-43)39-44-30(2)28-46-39)35-20-21-36-32(16-15-23-42(35,36)10)18-19-33-26-34(47-49(11,12)40(4,5)6)27-37(31(33)3)48-50(13,14)41(7,8)9/h17-19,22,29-30,34-38,45H,3,15-16,20-21,23-28H2,1-2,4-14H3/b22-17+,32-18+,33-19-/t29-,30?,34-,35-,36+,37+,38-,42-/m1/s1. The maximum atomic E-state index is 11.3. The van der Waals surface area contributed by atoms with E-state index < -0.39 is 22.7 Å². The predicted octanol–water partition coefficient (Wildman–Crippen LogP) is 11.3. The van der Waals surface area contributed by atoms with E-state index in [9.17, 15) is 5.11 Å². The van der Waals surface area contributed by atoms with Gasteiger partial charge in [-0.3, -0.25) is 0 Å². The number of ether oxygens (including phenoxy) is 1. The minimum Gasteiger partial charge on any atom is -0.478 e. The van der Waals surface area contributed by atoms with Crippen molar-refractivity contribution in [3.05, 3.63) is 47.6 Å². The van der Waals surface area contributed by atoms with Gasteiger partial charge in [0.1, 0.15) is 6.61 Å². The molecule has 5 aliphatic rings. The van der Waals surface area contributed by atoms with E-state index in [1.54, 1.807) is 5.57 Å². The molecule has 0 aromatic carbocycles. The molecule has 0 spiro atoms. The van der Waals surface area contributed by atoms with Crippen molar-refractivity contribution in [1.82, 2.24) is 0 Å². The molecule has 4 aliphatic carbocycles. The van der Waals surface area contributed by atoms with Crippen LogP contribution in [0.1, 0.15) is 120 Å². The summed E-state index contributed by atoms with van der Waals surface area (Å²) in [6, 6.07) is 0.197. The van der Waals surface area contributed by atoms with E-state index in [2.05, 4.69) is 113 Å². The normalized spacial score (nSPS) is 35.0. The van der Waals surface area contributed by atoms with Crippen LogP contribution in [0.5, 0.6) is 0 Å². The molecule has 7 heteroatoms. The fourth-order valence-corrected chi connectivity index (χ4v) is 11.7. The van der Waals surface area contributed by atoms with Gasteiger partial charge in [-0.1, -0.05) is 91.8 Å². The summed E-state index contributed by atoms with van der Waals surface area (Å²) in [4.78, 5) is 4.71. The summed E-state index contributed by atoms with van der Waals surface area (Å²) in [5.74, 6) is 2.41. The summed E-state index contributed by atoms with van der Waals surface area (Å²) < 4.78 is 20.1. The first-order valence-corrected chi connectivity index (χ1v) is 25.8. The zero-order valence-corrected chi connectivity index (χ0v) is 36.2. The highest BCUT2D eigenvalue weighted by molar-refractivity contribution is 6.74. The van der Waals surface area contributed by atoms with Gasteiger partial charge in [0.05, 0.1) is 29.8 Å². The Hall–Kier alpha value is -1.26. The van der Waals surface area contributed by atoms with E-state index in [-0.39, 0.29) is 39.2 Å². The molecule has 0 aromatic heterocycles. The van der Waals surface area contributed by atoms with Crippen LogP contribution >= 0.6 is 0 Å². The molecule has 50 heavy (non-hydrogen) atoms. The average Bonchev–Trinajstić information content (AvgIpc) is 3.56. The van der Waals surface area contributed by atoms with E-state index >= 15 is 0 Å². The zero-order valence-electron chi connectivity index (χ0n) is 34.2. The largest absolute Gasteiger partial charge is 0.478 e. The average molecular weight is 724 g/mol. The van der Waals surface area contributed by atoms with Gasteiger partial charge in [0.15, 0.2) is 22.5 Å². The van der Waals surface area contributed by atoms with Gasteiger partial charge < -0.3 is 18.7 Å². The van der Waals surface area contributed by atoms with Gasteiger partial charge in [-0.05, 0) is 129 Å². The Labute approximate surface area is 308 Å². The van der Waals surface area contributed by atoms with Crippen LogP contribution in [0.15, 0.2) is 52.6 Å². The van der Waals surface area contributed by atoms with Crippen LogP contribution in [-0.2, 0) is 13.6 Å². The third-order valence-electron chi connectivity index (χ3n) is 14.6. The Balaban J connectivity index is 1.34. The smallest absolute Gasteiger partial charge is 0.193 e. The predicted molar refractivity (Wildman–Crippen MR) is 216 cm³/mol. The maximum absolute atomic E-state index is 11.3. The molecule has 282 valence electrons. The van der Waals surface area contributed by atoms with Crippen molar-refractivity contribution in [3.63, 3.8) is 0 Å². The fraction of sp³-hybridized carbons (Fsp3) is 0.791. The highest BCUT2D eigenvalue weighted by atomic mass is 28.4. The summed E-state index contributed by atoms with van der Waals surface area (Å²) in [6.07, 6.45) is 18.9. The number of hydrogen-bond acceptors (Lipinski definition) is 5. The lowest BCUT2D eigenvalue weighted by Gasteiger charge is -2.45. The Morgan fingerprint density at radius 2 is 1.60 bits per heavy atom. The van der Waals surface area contributed by atoms with Crippen LogP contribution in [0.3, 0.4) is 0 Å². The first kappa shape index (κ1) is 39.9. The Morgan fingerprint density at radius 3 is 2.18 bits per heavy atom. The van der Waals surface area contributed by atoms with Crippen molar-refractivity contribution in [2.45, 2.75) is 181 Å². The van der Waals surface area contributed by atoms with Crippen molar-refractivity contribution >= 4 is 22.5 Å². The molecule has 8 atom stereocenters. The summed E-state index contributed by atoms with van der Waals surface area (Å²) in [7, 11) is -3.95. The number of nitrogens with zero attached hydrogens (tertiary/aromatic N) is 1. The number of aliphatic hydroxyl groups excluding tert-OH is 1. The first-order chi connectivity index (χ1) is 23.0. The topological polar surface area (TPSA) is 60.3 Å². The first-order valence-electron chi connectivity index (χ1n) is 20.0.